The molecule has 3 unspecified atom stereocenters. The minimum Gasteiger partial charge on any atom is -0.380 e. The van der Waals surface area contributed by atoms with Crippen LogP contribution in [0.25, 0.3) is 21.3 Å². The topological polar surface area (TPSA) is 71.5 Å². The van der Waals surface area contributed by atoms with Crippen LogP contribution in [0, 0.1) is 24.7 Å². The van der Waals surface area contributed by atoms with Crippen molar-refractivity contribution < 1.29 is 14.3 Å². The molecular formula is C26H26ClN3O3S. The number of pyridine rings is 1. The van der Waals surface area contributed by atoms with Gasteiger partial charge in [0.25, 0.3) is 0 Å². The molecule has 3 aromatic rings. The summed E-state index contributed by atoms with van der Waals surface area (Å²) in [6.07, 6.45) is 3.45. The van der Waals surface area contributed by atoms with E-state index in [4.69, 9.17) is 16.3 Å². The molecule has 0 radical (unpaired) electrons. The summed E-state index contributed by atoms with van der Waals surface area (Å²) < 4.78 is 6.85. The van der Waals surface area contributed by atoms with Crippen molar-refractivity contribution in [1.82, 2.24) is 15.2 Å². The van der Waals surface area contributed by atoms with E-state index in [2.05, 4.69) is 17.2 Å². The summed E-state index contributed by atoms with van der Waals surface area (Å²) in [6.45, 7) is 5.74. The molecule has 0 bridgehead atoms. The zero-order chi connectivity index (χ0) is 23.4. The molecule has 0 spiro atoms. The number of thiophene rings is 1. The Kier molecular flexibility index (Phi) is 5.68. The summed E-state index contributed by atoms with van der Waals surface area (Å²) in [5.41, 5.74) is 5.52. The highest BCUT2D eigenvalue weighted by Gasteiger charge is 2.58. The van der Waals surface area contributed by atoms with Crippen molar-refractivity contribution in [3.8, 4) is 11.1 Å². The predicted molar refractivity (Wildman–Crippen MR) is 133 cm³/mol. The van der Waals surface area contributed by atoms with Gasteiger partial charge in [0.05, 0.1) is 41.8 Å². The van der Waals surface area contributed by atoms with Crippen LogP contribution in [0.3, 0.4) is 0 Å². The number of piperidine rings is 1. The minimum absolute atomic E-state index is 0.0207. The van der Waals surface area contributed by atoms with Crippen molar-refractivity contribution in [3.63, 3.8) is 0 Å². The molecule has 176 valence electrons. The smallest absolute Gasteiger partial charge is 0.233 e. The number of hydrogen-bond donors (Lipinski definition) is 1. The lowest BCUT2D eigenvalue weighted by molar-refractivity contribution is -0.141. The van der Waals surface area contributed by atoms with Gasteiger partial charge in [-0.15, -0.1) is 11.3 Å². The van der Waals surface area contributed by atoms with Crippen LogP contribution < -0.4 is 5.32 Å². The van der Waals surface area contributed by atoms with Gasteiger partial charge in [0.1, 0.15) is 0 Å². The first-order chi connectivity index (χ1) is 16.5. The third-order valence-corrected chi connectivity index (χ3v) is 8.52. The fourth-order valence-corrected chi connectivity index (χ4v) is 6.71. The Labute approximate surface area is 207 Å². The molecule has 2 aromatic heterocycles. The van der Waals surface area contributed by atoms with Crippen LogP contribution >= 0.6 is 22.9 Å². The van der Waals surface area contributed by atoms with E-state index in [0.29, 0.717) is 17.5 Å². The van der Waals surface area contributed by atoms with Crippen LogP contribution in [0.5, 0.6) is 0 Å². The number of amides is 2. The van der Waals surface area contributed by atoms with Crippen molar-refractivity contribution in [2.24, 2.45) is 17.8 Å². The summed E-state index contributed by atoms with van der Waals surface area (Å²) in [4.78, 5) is 31.9. The van der Waals surface area contributed by atoms with E-state index in [0.717, 1.165) is 65.4 Å². The maximum Gasteiger partial charge on any atom is 0.233 e. The van der Waals surface area contributed by atoms with E-state index in [1.807, 2.05) is 30.5 Å². The van der Waals surface area contributed by atoms with Gasteiger partial charge in [0, 0.05) is 34.7 Å². The number of imide groups is 1. The van der Waals surface area contributed by atoms with E-state index in [1.54, 1.807) is 11.3 Å². The monoisotopic (exact) mass is 495 g/mol. The Balaban J connectivity index is 1.37. The number of halogens is 1. The largest absolute Gasteiger partial charge is 0.380 e. The van der Waals surface area contributed by atoms with Gasteiger partial charge in [-0.3, -0.25) is 19.5 Å². The molecule has 4 heterocycles. The Bertz CT molecular complexity index is 1280. The highest BCUT2D eigenvalue weighted by molar-refractivity contribution is 7.19. The van der Waals surface area contributed by atoms with Gasteiger partial charge in [0.15, 0.2) is 0 Å². The molecule has 3 atom stereocenters. The highest BCUT2D eigenvalue weighted by Crippen LogP contribution is 2.48. The maximum atomic E-state index is 12.5. The fraction of sp³-hybridized carbons (Fsp3) is 0.423. The first kappa shape index (κ1) is 22.2. The molecule has 8 heteroatoms. The number of ether oxygens (including phenoxy) is 1. The summed E-state index contributed by atoms with van der Waals surface area (Å²) in [7, 11) is 0. The number of rotatable bonds is 5. The van der Waals surface area contributed by atoms with Crippen molar-refractivity contribution in [2.75, 3.05) is 26.3 Å². The Morgan fingerprint density at radius 2 is 2.03 bits per heavy atom. The van der Waals surface area contributed by atoms with Gasteiger partial charge in [0.2, 0.25) is 11.8 Å². The number of carbonyl (C=O) groups excluding carboxylic acids is 2. The summed E-state index contributed by atoms with van der Waals surface area (Å²) in [5, 5.41) is 4.18. The lowest BCUT2D eigenvalue weighted by atomic mass is 9.89. The molecule has 1 aromatic carbocycles. The first-order valence-electron chi connectivity index (χ1n) is 11.8. The third-order valence-electron chi connectivity index (χ3n) is 7.16. The van der Waals surface area contributed by atoms with Gasteiger partial charge in [-0.25, -0.2) is 0 Å². The molecule has 3 aliphatic rings. The maximum absolute atomic E-state index is 12.5. The first-order valence-corrected chi connectivity index (χ1v) is 13.0. The number of aryl methyl sites for hydroxylation is 1. The molecule has 34 heavy (non-hydrogen) atoms. The number of nitrogens with zero attached hydrogens (tertiary/aromatic N) is 2. The molecule has 2 aliphatic heterocycles. The van der Waals surface area contributed by atoms with Crippen molar-refractivity contribution in [2.45, 2.75) is 26.3 Å². The lowest BCUT2D eigenvalue weighted by Crippen LogP contribution is -2.31. The molecular weight excluding hydrogens is 470 g/mol. The van der Waals surface area contributed by atoms with Crippen molar-refractivity contribution in [1.29, 1.82) is 0 Å². The summed E-state index contributed by atoms with van der Waals surface area (Å²) in [5.74, 6) is 0.196. The lowest BCUT2D eigenvalue weighted by Gasteiger charge is -2.19. The second-order valence-electron chi connectivity index (χ2n) is 9.59. The Morgan fingerprint density at radius 1 is 1.21 bits per heavy atom. The number of carbonyl (C=O) groups is 2. The average Bonchev–Trinajstić information content (AvgIpc) is 3.52. The predicted octanol–water partition coefficient (Wildman–Crippen LogP) is 4.21. The third kappa shape index (κ3) is 3.94. The van der Waals surface area contributed by atoms with Gasteiger partial charge >= 0.3 is 0 Å². The van der Waals surface area contributed by atoms with Crippen molar-refractivity contribution >= 4 is 45.0 Å². The van der Waals surface area contributed by atoms with E-state index in [-0.39, 0.29) is 23.7 Å². The molecule has 6 nitrogen and oxygen atoms in total. The summed E-state index contributed by atoms with van der Waals surface area (Å²) in [6, 6.07) is 8.12. The van der Waals surface area contributed by atoms with E-state index >= 15 is 0 Å². The molecule has 1 N–H and O–H groups in total. The van der Waals surface area contributed by atoms with E-state index < -0.39 is 0 Å². The number of nitrogens with one attached hydrogen (secondary N) is 1. The van der Waals surface area contributed by atoms with Crippen LogP contribution in [-0.4, -0.2) is 48.0 Å². The molecule has 2 saturated heterocycles. The van der Waals surface area contributed by atoms with E-state index in [9.17, 15) is 9.59 Å². The number of hydrogen-bond acceptors (Lipinski definition) is 6. The van der Waals surface area contributed by atoms with Crippen LogP contribution in [0.4, 0.5) is 0 Å². The number of aromatic nitrogens is 1. The summed E-state index contributed by atoms with van der Waals surface area (Å²) >= 11 is 8.14. The van der Waals surface area contributed by atoms with Crippen LogP contribution in [-0.2, 0) is 27.3 Å². The van der Waals surface area contributed by atoms with E-state index in [1.165, 1.54) is 16.0 Å². The van der Waals surface area contributed by atoms with Crippen LogP contribution in [0.1, 0.15) is 22.4 Å². The molecule has 3 fully saturated rings. The number of benzene rings is 1. The molecule has 6 rings (SSSR count). The fourth-order valence-electron chi connectivity index (χ4n) is 5.30. The van der Waals surface area contributed by atoms with Gasteiger partial charge < -0.3 is 10.1 Å². The molecule has 1 saturated carbocycles. The van der Waals surface area contributed by atoms with Crippen LogP contribution in [0.15, 0.2) is 30.5 Å². The quantitative estimate of drug-likeness (QED) is 0.537. The standard InChI is InChI=1S/C26H26ClN3O3S/c1-14-6-16(27)8-20(19(14)7-15-11-28-4-5-33-13-15)18-2-3-29-23-9-17(34-24(18)23)12-30-25(31)21-10-22(21)26(30)32/h2-3,6,8-9,15,21-22,28H,4-5,7,10-13H2,1H3. The molecule has 2 amide bonds. The van der Waals surface area contributed by atoms with Gasteiger partial charge in [-0.2, -0.15) is 0 Å². The van der Waals surface area contributed by atoms with Gasteiger partial charge in [-0.05, 0) is 66.6 Å². The van der Waals surface area contributed by atoms with Crippen molar-refractivity contribution in [3.05, 3.63) is 51.5 Å². The Hall–Kier alpha value is -2.32. The van der Waals surface area contributed by atoms with Gasteiger partial charge in [-0.1, -0.05) is 11.6 Å². The SMILES string of the molecule is Cc1cc(Cl)cc(-c2ccnc3cc(CN4C(=O)C5CC5C4=O)sc23)c1CC1CNCCOC1. The zero-order valence-electron chi connectivity index (χ0n) is 19.0. The number of fused-ring (bicyclic) bond motifs is 2. The second-order valence-corrected chi connectivity index (χ2v) is 11.2. The number of likely N-dealkylation sites (tertiary alicyclic amines) is 1. The normalized spacial score (nSPS) is 24.5. The highest BCUT2D eigenvalue weighted by atomic mass is 35.5. The second kappa shape index (κ2) is 8.72. The average molecular weight is 496 g/mol. The Morgan fingerprint density at radius 3 is 2.85 bits per heavy atom. The van der Waals surface area contributed by atoms with Crippen LogP contribution in [0.2, 0.25) is 5.02 Å². The minimum atomic E-state index is -0.0741. The zero-order valence-corrected chi connectivity index (χ0v) is 20.5. The molecule has 1 aliphatic carbocycles.